The summed E-state index contributed by atoms with van der Waals surface area (Å²) in [5, 5.41) is 18.3. The van der Waals surface area contributed by atoms with Crippen LogP contribution in [0.4, 0.5) is 0 Å². The molecule has 1 heterocycles. The van der Waals surface area contributed by atoms with Crippen molar-refractivity contribution < 1.29 is 19.8 Å². The van der Waals surface area contributed by atoms with Gasteiger partial charge in [-0.3, -0.25) is 0 Å². The van der Waals surface area contributed by atoms with E-state index in [-0.39, 0.29) is 16.1 Å². The number of carboxylic acid groups (broad SMARTS) is 2. The molecule has 0 bridgehead atoms. The SMILES string of the molecule is Cc1cc(C(=O)O)c(C)n1-c1ccc(Cl)c(C(=O)O)c1. The monoisotopic (exact) mass is 293 g/mol. The predicted molar refractivity (Wildman–Crippen MR) is 74.2 cm³/mol. The molecule has 0 saturated heterocycles. The van der Waals surface area contributed by atoms with Gasteiger partial charge in [-0.15, -0.1) is 0 Å². The van der Waals surface area contributed by atoms with Gasteiger partial charge in [-0.2, -0.15) is 0 Å². The Balaban J connectivity index is 2.66. The molecule has 1 aromatic carbocycles. The first-order valence-electron chi connectivity index (χ1n) is 5.78. The van der Waals surface area contributed by atoms with Crippen LogP contribution in [-0.4, -0.2) is 26.7 Å². The fraction of sp³-hybridized carbons (Fsp3) is 0.143. The van der Waals surface area contributed by atoms with Gasteiger partial charge in [0.05, 0.1) is 16.1 Å². The second kappa shape index (κ2) is 5.02. The van der Waals surface area contributed by atoms with E-state index in [1.54, 1.807) is 30.5 Å². The van der Waals surface area contributed by atoms with Crippen molar-refractivity contribution in [3.05, 3.63) is 51.8 Å². The minimum Gasteiger partial charge on any atom is -0.478 e. The number of carbonyl (C=O) groups is 2. The molecule has 2 rings (SSSR count). The second-order valence-corrected chi connectivity index (χ2v) is 4.80. The van der Waals surface area contributed by atoms with E-state index in [0.29, 0.717) is 17.1 Å². The average molecular weight is 294 g/mol. The third-order valence-corrected chi connectivity index (χ3v) is 3.43. The van der Waals surface area contributed by atoms with Gasteiger partial charge >= 0.3 is 11.9 Å². The normalized spacial score (nSPS) is 10.6. The lowest BCUT2D eigenvalue weighted by Gasteiger charge is -2.11. The van der Waals surface area contributed by atoms with Crippen LogP contribution >= 0.6 is 11.6 Å². The van der Waals surface area contributed by atoms with Gasteiger partial charge in [0, 0.05) is 17.1 Å². The van der Waals surface area contributed by atoms with Gasteiger partial charge in [-0.1, -0.05) is 11.6 Å². The number of rotatable bonds is 3. The zero-order chi connectivity index (χ0) is 15.0. The van der Waals surface area contributed by atoms with Gasteiger partial charge in [-0.05, 0) is 38.1 Å². The maximum Gasteiger partial charge on any atom is 0.337 e. The minimum atomic E-state index is -1.13. The Bertz CT molecular complexity index is 718. The van der Waals surface area contributed by atoms with E-state index < -0.39 is 11.9 Å². The van der Waals surface area contributed by atoms with Gasteiger partial charge in [0.2, 0.25) is 0 Å². The number of halogens is 1. The summed E-state index contributed by atoms with van der Waals surface area (Å²) in [6.07, 6.45) is 0. The molecule has 5 nitrogen and oxygen atoms in total. The summed E-state index contributed by atoms with van der Waals surface area (Å²) in [5.41, 5.74) is 1.98. The molecule has 0 fully saturated rings. The Kier molecular flexibility index (Phi) is 3.55. The molecule has 0 saturated carbocycles. The molecular formula is C14H12ClNO4. The van der Waals surface area contributed by atoms with E-state index in [1.165, 1.54) is 12.1 Å². The maximum absolute atomic E-state index is 11.1. The number of hydrogen-bond donors (Lipinski definition) is 2. The number of benzene rings is 1. The Labute approximate surface area is 120 Å². The maximum atomic E-state index is 11.1. The second-order valence-electron chi connectivity index (χ2n) is 4.39. The molecule has 0 radical (unpaired) electrons. The van der Waals surface area contributed by atoms with Crippen LogP contribution in [-0.2, 0) is 0 Å². The van der Waals surface area contributed by atoms with Crippen LogP contribution < -0.4 is 0 Å². The van der Waals surface area contributed by atoms with Crippen molar-refractivity contribution in [2.45, 2.75) is 13.8 Å². The topological polar surface area (TPSA) is 79.5 Å². The molecule has 1 aromatic heterocycles. The molecule has 0 amide bonds. The quantitative estimate of drug-likeness (QED) is 0.911. The molecular weight excluding hydrogens is 282 g/mol. The highest BCUT2D eigenvalue weighted by Gasteiger charge is 2.17. The summed E-state index contributed by atoms with van der Waals surface area (Å²) in [4.78, 5) is 22.2. The number of aryl methyl sites for hydroxylation is 1. The summed E-state index contributed by atoms with van der Waals surface area (Å²) in [6.45, 7) is 3.43. The van der Waals surface area contributed by atoms with Gasteiger partial charge in [0.25, 0.3) is 0 Å². The zero-order valence-corrected chi connectivity index (χ0v) is 11.6. The predicted octanol–water partition coefficient (Wildman–Crippen LogP) is 3.14. The lowest BCUT2D eigenvalue weighted by atomic mass is 10.2. The van der Waals surface area contributed by atoms with Crippen LogP contribution in [0.5, 0.6) is 0 Å². The number of carboxylic acids is 2. The molecule has 2 aromatic rings. The van der Waals surface area contributed by atoms with E-state index in [1.807, 2.05) is 0 Å². The van der Waals surface area contributed by atoms with Gasteiger partial charge in [0.1, 0.15) is 0 Å². The largest absolute Gasteiger partial charge is 0.478 e. The van der Waals surface area contributed by atoms with Crippen LogP contribution in [0.3, 0.4) is 0 Å². The highest BCUT2D eigenvalue weighted by atomic mass is 35.5. The lowest BCUT2D eigenvalue weighted by Crippen LogP contribution is -2.05. The molecule has 0 atom stereocenters. The zero-order valence-electron chi connectivity index (χ0n) is 10.8. The smallest absolute Gasteiger partial charge is 0.337 e. The molecule has 6 heteroatoms. The molecule has 0 aliphatic carbocycles. The van der Waals surface area contributed by atoms with Crippen molar-refractivity contribution in [3.63, 3.8) is 0 Å². The number of aromatic nitrogens is 1. The molecule has 104 valence electrons. The number of aromatic carboxylic acids is 2. The Morgan fingerprint density at radius 2 is 1.65 bits per heavy atom. The first kappa shape index (κ1) is 14.1. The lowest BCUT2D eigenvalue weighted by molar-refractivity contribution is 0.0685. The van der Waals surface area contributed by atoms with Crippen molar-refractivity contribution in [1.29, 1.82) is 0 Å². The van der Waals surface area contributed by atoms with Gasteiger partial charge in [0.15, 0.2) is 0 Å². The van der Waals surface area contributed by atoms with Crippen LogP contribution in [0, 0.1) is 13.8 Å². The van der Waals surface area contributed by atoms with Crippen molar-refractivity contribution >= 4 is 23.5 Å². The van der Waals surface area contributed by atoms with Crippen LogP contribution in [0.2, 0.25) is 5.02 Å². The summed E-state index contributed by atoms with van der Waals surface area (Å²) >= 11 is 5.83. The highest BCUT2D eigenvalue weighted by Crippen LogP contribution is 2.25. The van der Waals surface area contributed by atoms with Gasteiger partial charge in [-0.25, -0.2) is 9.59 Å². The molecule has 2 N–H and O–H groups in total. The van der Waals surface area contributed by atoms with Crippen molar-refractivity contribution in [1.82, 2.24) is 4.57 Å². The van der Waals surface area contributed by atoms with Crippen molar-refractivity contribution in [2.24, 2.45) is 0 Å². The third kappa shape index (κ3) is 2.28. The first-order valence-corrected chi connectivity index (χ1v) is 6.16. The molecule has 0 aliphatic heterocycles. The molecule has 0 unspecified atom stereocenters. The fourth-order valence-corrected chi connectivity index (χ4v) is 2.39. The minimum absolute atomic E-state index is 0.0199. The standard InChI is InChI=1S/C14H12ClNO4/c1-7-5-10(13(17)18)8(2)16(7)9-3-4-12(15)11(6-9)14(19)20/h3-6H,1-2H3,(H,17,18)(H,19,20). The van der Waals surface area contributed by atoms with Crippen LogP contribution in [0.15, 0.2) is 24.3 Å². The number of hydrogen-bond acceptors (Lipinski definition) is 2. The van der Waals surface area contributed by atoms with Crippen LogP contribution in [0.25, 0.3) is 5.69 Å². The average Bonchev–Trinajstić information content (AvgIpc) is 2.66. The molecule has 0 aliphatic rings. The molecule has 20 heavy (non-hydrogen) atoms. The van der Waals surface area contributed by atoms with E-state index in [0.717, 1.165) is 0 Å². The van der Waals surface area contributed by atoms with Crippen molar-refractivity contribution in [3.8, 4) is 5.69 Å². The van der Waals surface area contributed by atoms with E-state index in [2.05, 4.69) is 0 Å². The number of nitrogens with zero attached hydrogens (tertiary/aromatic N) is 1. The summed E-state index contributed by atoms with van der Waals surface area (Å²) in [6, 6.07) is 6.11. The third-order valence-electron chi connectivity index (χ3n) is 3.10. The summed E-state index contributed by atoms with van der Waals surface area (Å²) < 4.78 is 1.69. The molecule has 0 spiro atoms. The van der Waals surface area contributed by atoms with E-state index in [9.17, 15) is 9.59 Å². The highest BCUT2D eigenvalue weighted by molar-refractivity contribution is 6.33. The Hall–Kier alpha value is -2.27. The fourth-order valence-electron chi connectivity index (χ4n) is 2.19. The van der Waals surface area contributed by atoms with Crippen molar-refractivity contribution in [2.75, 3.05) is 0 Å². The van der Waals surface area contributed by atoms with E-state index >= 15 is 0 Å². The van der Waals surface area contributed by atoms with E-state index in [4.69, 9.17) is 21.8 Å². The van der Waals surface area contributed by atoms with Gasteiger partial charge < -0.3 is 14.8 Å². The first-order chi connectivity index (χ1) is 9.32. The Morgan fingerprint density at radius 3 is 2.15 bits per heavy atom. The summed E-state index contributed by atoms with van der Waals surface area (Å²) in [5.74, 6) is -2.14. The Morgan fingerprint density at radius 1 is 1.05 bits per heavy atom. The van der Waals surface area contributed by atoms with Crippen LogP contribution in [0.1, 0.15) is 32.1 Å². The summed E-state index contributed by atoms with van der Waals surface area (Å²) in [7, 11) is 0.